The fraction of sp³-hybridized carbons (Fsp3) is 0.0833. The van der Waals surface area contributed by atoms with Crippen LogP contribution in [0.5, 0.6) is 5.88 Å². The van der Waals surface area contributed by atoms with E-state index >= 15 is 0 Å². The number of aromatic nitrogens is 1. The predicted octanol–water partition coefficient (Wildman–Crippen LogP) is 2.90. The van der Waals surface area contributed by atoms with E-state index in [2.05, 4.69) is 4.98 Å². The van der Waals surface area contributed by atoms with Crippen molar-refractivity contribution in [2.75, 3.05) is 7.11 Å². The van der Waals surface area contributed by atoms with E-state index in [4.69, 9.17) is 4.74 Å². The number of ether oxygens (including phenoxy) is 1. The lowest BCUT2D eigenvalue weighted by molar-refractivity contribution is 0.398. The largest absolute Gasteiger partial charge is 0.481 e. The van der Waals surface area contributed by atoms with Crippen LogP contribution in [0.15, 0.2) is 42.6 Å². The van der Waals surface area contributed by atoms with Crippen LogP contribution >= 0.6 is 0 Å². The van der Waals surface area contributed by atoms with E-state index < -0.39 is 0 Å². The van der Waals surface area contributed by atoms with Crippen molar-refractivity contribution in [3.8, 4) is 17.0 Å². The van der Waals surface area contributed by atoms with Gasteiger partial charge in [-0.15, -0.1) is 0 Å². The SMILES string of the molecule is COc1ccc(-c2cccc(F)c2)cn1. The van der Waals surface area contributed by atoms with Gasteiger partial charge in [0.05, 0.1) is 7.11 Å². The molecule has 1 aromatic carbocycles. The molecule has 0 fully saturated rings. The Bertz CT molecular complexity index is 453. The van der Waals surface area contributed by atoms with E-state index in [1.807, 2.05) is 12.1 Å². The lowest BCUT2D eigenvalue weighted by Crippen LogP contribution is -1.87. The van der Waals surface area contributed by atoms with Gasteiger partial charge in [0.25, 0.3) is 0 Å². The molecule has 0 radical (unpaired) electrons. The molecule has 2 rings (SSSR count). The van der Waals surface area contributed by atoms with Crippen LogP contribution in [-0.2, 0) is 0 Å². The predicted molar refractivity (Wildman–Crippen MR) is 56.2 cm³/mol. The van der Waals surface area contributed by atoms with E-state index in [0.717, 1.165) is 11.1 Å². The van der Waals surface area contributed by atoms with Gasteiger partial charge in [-0.3, -0.25) is 0 Å². The molecule has 0 bridgehead atoms. The van der Waals surface area contributed by atoms with E-state index in [1.165, 1.54) is 12.1 Å². The monoisotopic (exact) mass is 203 g/mol. The third kappa shape index (κ3) is 2.13. The molecule has 1 aromatic heterocycles. The van der Waals surface area contributed by atoms with Gasteiger partial charge in [0.2, 0.25) is 5.88 Å². The zero-order valence-corrected chi connectivity index (χ0v) is 8.27. The highest BCUT2D eigenvalue weighted by molar-refractivity contribution is 5.62. The molecule has 0 saturated carbocycles. The molecule has 0 atom stereocenters. The second kappa shape index (κ2) is 4.09. The Hall–Kier alpha value is -1.90. The first-order valence-electron chi connectivity index (χ1n) is 4.55. The number of rotatable bonds is 2. The Morgan fingerprint density at radius 1 is 1.13 bits per heavy atom. The third-order valence-corrected chi connectivity index (χ3v) is 2.10. The first kappa shape index (κ1) is 9.65. The molecule has 76 valence electrons. The summed E-state index contributed by atoms with van der Waals surface area (Å²) >= 11 is 0. The van der Waals surface area contributed by atoms with Crippen LogP contribution in [0.2, 0.25) is 0 Å². The fourth-order valence-electron chi connectivity index (χ4n) is 1.34. The molecule has 0 saturated heterocycles. The Labute approximate surface area is 87.4 Å². The molecule has 0 N–H and O–H groups in total. The molecule has 0 amide bonds. The molecule has 2 aromatic rings. The highest BCUT2D eigenvalue weighted by Crippen LogP contribution is 2.20. The van der Waals surface area contributed by atoms with Crippen LogP contribution in [-0.4, -0.2) is 12.1 Å². The van der Waals surface area contributed by atoms with Gasteiger partial charge in [0.15, 0.2) is 0 Å². The maximum Gasteiger partial charge on any atom is 0.212 e. The minimum absolute atomic E-state index is 0.247. The van der Waals surface area contributed by atoms with Crippen LogP contribution in [0.4, 0.5) is 4.39 Å². The molecule has 0 spiro atoms. The average molecular weight is 203 g/mol. The molecule has 2 nitrogen and oxygen atoms in total. The van der Waals surface area contributed by atoms with E-state index in [0.29, 0.717) is 5.88 Å². The van der Waals surface area contributed by atoms with Gasteiger partial charge in [-0.2, -0.15) is 0 Å². The second-order valence-corrected chi connectivity index (χ2v) is 3.10. The van der Waals surface area contributed by atoms with Crippen molar-refractivity contribution in [2.24, 2.45) is 0 Å². The summed E-state index contributed by atoms with van der Waals surface area (Å²) in [5.74, 6) is 0.304. The van der Waals surface area contributed by atoms with Crippen molar-refractivity contribution in [1.29, 1.82) is 0 Å². The van der Waals surface area contributed by atoms with Gasteiger partial charge < -0.3 is 4.74 Å². The van der Waals surface area contributed by atoms with Crippen molar-refractivity contribution >= 4 is 0 Å². The third-order valence-electron chi connectivity index (χ3n) is 2.10. The number of nitrogens with zero attached hydrogens (tertiary/aromatic N) is 1. The Kier molecular flexibility index (Phi) is 2.63. The number of benzene rings is 1. The van der Waals surface area contributed by atoms with Crippen LogP contribution in [0.1, 0.15) is 0 Å². The number of hydrogen-bond acceptors (Lipinski definition) is 2. The number of halogens is 1. The first-order valence-corrected chi connectivity index (χ1v) is 4.55. The summed E-state index contributed by atoms with van der Waals surface area (Å²) in [6.45, 7) is 0. The molecule has 0 aliphatic rings. The van der Waals surface area contributed by atoms with Crippen molar-refractivity contribution in [3.63, 3.8) is 0 Å². The normalized spacial score (nSPS) is 10.0. The molecular weight excluding hydrogens is 193 g/mol. The first-order chi connectivity index (χ1) is 7.29. The molecule has 15 heavy (non-hydrogen) atoms. The molecule has 0 unspecified atom stereocenters. The molecular formula is C12H10FNO. The summed E-state index contributed by atoms with van der Waals surface area (Å²) in [4.78, 5) is 4.06. The van der Waals surface area contributed by atoms with Crippen LogP contribution in [0.3, 0.4) is 0 Å². The topological polar surface area (TPSA) is 22.1 Å². The van der Waals surface area contributed by atoms with Crippen LogP contribution in [0.25, 0.3) is 11.1 Å². The van der Waals surface area contributed by atoms with Gasteiger partial charge in [0, 0.05) is 17.8 Å². The highest BCUT2D eigenvalue weighted by atomic mass is 19.1. The molecule has 0 aliphatic carbocycles. The van der Waals surface area contributed by atoms with E-state index in [9.17, 15) is 4.39 Å². The maximum absolute atomic E-state index is 13.0. The van der Waals surface area contributed by atoms with Gasteiger partial charge in [-0.25, -0.2) is 9.37 Å². The van der Waals surface area contributed by atoms with Crippen molar-refractivity contribution in [1.82, 2.24) is 4.98 Å². The zero-order valence-electron chi connectivity index (χ0n) is 8.27. The smallest absolute Gasteiger partial charge is 0.212 e. The summed E-state index contributed by atoms with van der Waals surface area (Å²) < 4.78 is 17.9. The summed E-state index contributed by atoms with van der Waals surface area (Å²) in [5.41, 5.74) is 1.68. The van der Waals surface area contributed by atoms with Crippen LogP contribution in [0, 0.1) is 5.82 Å². The van der Waals surface area contributed by atoms with Crippen LogP contribution < -0.4 is 4.74 Å². The summed E-state index contributed by atoms with van der Waals surface area (Å²) in [6.07, 6.45) is 1.66. The summed E-state index contributed by atoms with van der Waals surface area (Å²) in [5, 5.41) is 0. The minimum atomic E-state index is -0.247. The quantitative estimate of drug-likeness (QED) is 0.748. The number of hydrogen-bond donors (Lipinski definition) is 0. The maximum atomic E-state index is 13.0. The molecule has 3 heteroatoms. The number of pyridine rings is 1. The fourth-order valence-corrected chi connectivity index (χ4v) is 1.34. The summed E-state index contributed by atoms with van der Waals surface area (Å²) in [6, 6.07) is 10.0. The lowest BCUT2D eigenvalue weighted by Gasteiger charge is -2.02. The van der Waals surface area contributed by atoms with Gasteiger partial charge >= 0.3 is 0 Å². The van der Waals surface area contributed by atoms with E-state index in [-0.39, 0.29) is 5.82 Å². The van der Waals surface area contributed by atoms with Gasteiger partial charge in [-0.05, 0) is 23.8 Å². The lowest BCUT2D eigenvalue weighted by atomic mass is 10.1. The average Bonchev–Trinajstić information content (AvgIpc) is 2.29. The minimum Gasteiger partial charge on any atom is -0.481 e. The number of methoxy groups -OCH3 is 1. The van der Waals surface area contributed by atoms with Crippen molar-refractivity contribution in [2.45, 2.75) is 0 Å². The van der Waals surface area contributed by atoms with Gasteiger partial charge in [-0.1, -0.05) is 12.1 Å². The van der Waals surface area contributed by atoms with Crippen molar-refractivity contribution in [3.05, 3.63) is 48.4 Å². The Morgan fingerprint density at radius 3 is 2.60 bits per heavy atom. The molecule has 0 aliphatic heterocycles. The second-order valence-electron chi connectivity index (χ2n) is 3.10. The van der Waals surface area contributed by atoms with E-state index in [1.54, 1.807) is 25.4 Å². The Balaban J connectivity index is 2.37. The zero-order chi connectivity index (χ0) is 10.7. The van der Waals surface area contributed by atoms with Gasteiger partial charge in [0.1, 0.15) is 5.82 Å². The summed E-state index contributed by atoms with van der Waals surface area (Å²) in [7, 11) is 1.56. The molecule has 1 heterocycles. The van der Waals surface area contributed by atoms with Crippen molar-refractivity contribution < 1.29 is 9.13 Å². The highest BCUT2D eigenvalue weighted by Gasteiger charge is 2.00. The Morgan fingerprint density at radius 2 is 2.00 bits per heavy atom. The standard InChI is InChI=1S/C12H10FNO/c1-15-12-6-5-10(8-14-12)9-3-2-4-11(13)7-9/h2-8H,1H3.